The molecule has 2 rings (SSSR count). The summed E-state index contributed by atoms with van der Waals surface area (Å²) in [6.07, 6.45) is 1.16. The third kappa shape index (κ3) is 3.26. The highest BCUT2D eigenvalue weighted by atomic mass is 32.1. The van der Waals surface area contributed by atoms with Crippen LogP contribution in [0.1, 0.15) is 63.3 Å². The van der Waals surface area contributed by atoms with Crippen LogP contribution >= 0.6 is 22.7 Å². The van der Waals surface area contributed by atoms with Crippen LogP contribution in [0.3, 0.4) is 0 Å². The second-order valence-electron chi connectivity index (χ2n) is 7.62. The molecule has 0 N–H and O–H groups in total. The molecule has 0 aliphatic heterocycles. The molecule has 0 aliphatic carbocycles. The summed E-state index contributed by atoms with van der Waals surface area (Å²) in [5.41, 5.74) is 1.80. The first-order valence-corrected chi connectivity index (χ1v) is 9.53. The second kappa shape index (κ2) is 6.01. The molecule has 0 saturated heterocycles. The van der Waals surface area contributed by atoms with Gasteiger partial charge < -0.3 is 4.74 Å². The fourth-order valence-electron chi connectivity index (χ4n) is 2.49. The summed E-state index contributed by atoms with van der Waals surface area (Å²) in [6.45, 7) is 15.9. The van der Waals surface area contributed by atoms with E-state index in [0.717, 1.165) is 12.2 Å². The molecule has 3 heteroatoms. The molecular formula is C19H28OS2. The molecule has 0 radical (unpaired) electrons. The van der Waals surface area contributed by atoms with Gasteiger partial charge in [-0.2, -0.15) is 0 Å². The van der Waals surface area contributed by atoms with Gasteiger partial charge in [-0.3, -0.25) is 0 Å². The monoisotopic (exact) mass is 336 g/mol. The number of thiophene rings is 2. The Morgan fingerprint density at radius 3 is 2.18 bits per heavy atom. The smallest absolute Gasteiger partial charge is 0.138 e. The lowest BCUT2D eigenvalue weighted by atomic mass is 9.87. The summed E-state index contributed by atoms with van der Waals surface area (Å²) in [5, 5.41) is 0. The van der Waals surface area contributed by atoms with Crippen LogP contribution in [-0.2, 0) is 10.8 Å². The second-order valence-corrected chi connectivity index (χ2v) is 9.72. The molecule has 0 bridgehead atoms. The minimum Gasteiger partial charge on any atom is -0.495 e. The standard InChI is InChI=1S/C19H28OS2/c1-9-19(6,7)17-12(2)10-14(21-17)16-13(20-8)11-15(22-16)18(3,4)5/h10-11H,9H2,1-8H3. The maximum Gasteiger partial charge on any atom is 0.138 e. The maximum absolute atomic E-state index is 5.65. The highest BCUT2D eigenvalue weighted by Crippen LogP contribution is 2.47. The van der Waals surface area contributed by atoms with Gasteiger partial charge in [-0.15, -0.1) is 22.7 Å². The molecule has 0 aromatic carbocycles. The van der Waals surface area contributed by atoms with E-state index in [2.05, 4.69) is 60.6 Å². The van der Waals surface area contributed by atoms with Crippen LogP contribution in [0.5, 0.6) is 5.75 Å². The Kier molecular flexibility index (Phi) is 4.79. The van der Waals surface area contributed by atoms with E-state index < -0.39 is 0 Å². The zero-order chi connectivity index (χ0) is 16.7. The van der Waals surface area contributed by atoms with Crippen LogP contribution in [0.2, 0.25) is 0 Å². The first-order valence-electron chi connectivity index (χ1n) is 7.89. The van der Waals surface area contributed by atoms with Crippen molar-refractivity contribution in [1.29, 1.82) is 0 Å². The summed E-state index contributed by atoms with van der Waals surface area (Å²) in [7, 11) is 1.77. The van der Waals surface area contributed by atoms with Gasteiger partial charge >= 0.3 is 0 Å². The van der Waals surface area contributed by atoms with E-state index >= 15 is 0 Å². The van der Waals surface area contributed by atoms with Gasteiger partial charge in [0.2, 0.25) is 0 Å². The van der Waals surface area contributed by atoms with Crippen LogP contribution in [0.25, 0.3) is 9.75 Å². The van der Waals surface area contributed by atoms with Gasteiger partial charge in [0.15, 0.2) is 0 Å². The minimum absolute atomic E-state index is 0.161. The topological polar surface area (TPSA) is 9.23 Å². The first kappa shape index (κ1) is 17.6. The highest BCUT2D eigenvalue weighted by molar-refractivity contribution is 7.22. The molecule has 0 spiro atoms. The molecule has 122 valence electrons. The average molecular weight is 337 g/mol. The zero-order valence-electron chi connectivity index (χ0n) is 15.1. The lowest BCUT2D eigenvalue weighted by Crippen LogP contribution is -2.14. The third-order valence-corrected chi connectivity index (χ3v) is 7.62. The third-order valence-electron chi connectivity index (χ3n) is 4.30. The molecule has 0 aliphatic rings. The predicted octanol–water partition coefficient (Wildman–Crippen LogP) is 6.78. The molecule has 2 aromatic rings. The number of rotatable bonds is 4. The minimum atomic E-state index is 0.161. The van der Waals surface area contributed by atoms with Crippen molar-refractivity contribution in [2.75, 3.05) is 7.11 Å². The van der Waals surface area contributed by atoms with E-state index in [1.165, 1.54) is 25.1 Å². The van der Waals surface area contributed by atoms with Crippen molar-refractivity contribution in [3.63, 3.8) is 0 Å². The summed E-state index contributed by atoms with van der Waals surface area (Å²) >= 11 is 3.80. The van der Waals surface area contributed by atoms with E-state index in [4.69, 9.17) is 4.74 Å². The molecule has 2 aromatic heterocycles. The van der Waals surface area contributed by atoms with E-state index in [1.807, 2.05) is 22.7 Å². The Morgan fingerprint density at radius 1 is 1.05 bits per heavy atom. The number of aryl methyl sites for hydroxylation is 1. The Balaban J connectivity index is 2.54. The van der Waals surface area contributed by atoms with Gasteiger partial charge in [0.25, 0.3) is 0 Å². The Hall–Kier alpha value is -0.800. The Labute approximate surface area is 143 Å². The molecule has 0 saturated carbocycles. The molecule has 0 unspecified atom stereocenters. The number of hydrogen-bond acceptors (Lipinski definition) is 3. The van der Waals surface area contributed by atoms with Gasteiger partial charge in [0.1, 0.15) is 5.75 Å². The Morgan fingerprint density at radius 2 is 1.68 bits per heavy atom. The summed E-state index contributed by atoms with van der Waals surface area (Å²) in [4.78, 5) is 5.49. The summed E-state index contributed by atoms with van der Waals surface area (Å²) in [5.74, 6) is 1.01. The number of methoxy groups -OCH3 is 1. The Bertz CT molecular complexity index is 654. The molecule has 22 heavy (non-hydrogen) atoms. The van der Waals surface area contributed by atoms with Crippen molar-refractivity contribution in [2.24, 2.45) is 0 Å². The lowest BCUT2D eigenvalue weighted by molar-refractivity contribution is 0.417. The van der Waals surface area contributed by atoms with Gasteiger partial charge in [-0.25, -0.2) is 0 Å². The van der Waals surface area contributed by atoms with Crippen LogP contribution < -0.4 is 4.74 Å². The normalized spacial score (nSPS) is 12.7. The summed E-state index contributed by atoms with van der Waals surface area (Å²) < 4.78 is 5.65. The van der Waals surface area contributed by atoms with Crippen molar-refractivity contribution in [3.8, 4) is 15.5 Å². The van der Waals surface area contributed by atoms with Crippen molar-refractivity contribution < 1.29 is 4.74 Å². The molecular weight excluding hydrogens is 308 g/mol. The van der Waals surface area contributed by atoms with Crippen molar-refractivity contribution in [3.05, 3.63) is 27.5 Å². The van der Waals surface area contributed by atoms with Crippen LogP contribution in [-0.4, -0.2) is 7.11 Å². The van der Waals surface area contributed by atoms with Gasteiger partial charge in [-0.1, -0.05) is 41.5 Å². The average Bonchev–Trinajstić information content (AvgIpc) is 3.01. The fraction of sp³-hybridized carbons (Fsp3) is 0.579. The van der Waals surface area contributed by atoms with Gasteiger partial charge in [-0.05, 0) is 41.9 Å². The highest BCUT2D eigenvalue weighted by Gasteiger charge is 2.26. The largest absolute Gasteiger partial charge is 0.495 e. The molecule has 0 amide bonds. The predicted molar refractivity (Wildman–Crippen MR) is 101 cm³/mol. The lowest BCUT2D eigenvalue weighted by Gasteiger charge is -2.22. The maximum atomic E-state index is 5.65. The molecule has 1 nitrogen and oxygen atoms in total. The van der Waals surface area contributed by atoms with Crippen LogP contribution in [0, 0.1) is 6.92 Å². The van der Waals surface area contributed by atoms with Crippen LogP contribution in [0.4, 0.5) is 0 Å². The van der Waals surface area contributed by atoms with Crippen LogP contribution in [0.15, 0.2) is 12.1 Å². The van der Waals surface area contributed by atoms with E-state index in [0.29, 0.717) is 0 Å². The number of ether oxygens (including phenoxy) is 1. The number of hydrogen-bond donors (Lipinski definition) is 0. The van der Waals surface area contributed by atoms with Crippen molar-refractivity contribution in [2.45, 2.75) is 65.7 Å². The molecule has 0 fully saturated rings. The van der Waals surface area contributed by atoms with Crippen molar-refractivity contribution >= 4 is 22.7 Å². The zero-order valence-corrected chi connectivity index (χ0v) is 16.7. The first-order chi connectivity index (χ1) is 10.1. The SMILES string of the molecule is CCC(C)(C)c1sc(-c2sc(C(C)(C)C)cc2OC)cc1C. The molecule has 0 atom stereocenters. The van der Waals surface area contributed by atoms with Gasteiger partial charge in [0.05, 0.1) is 12.0 Å². The molecule has 2 heterocycles. The van der Waals surface area contributed by atoms with E-state index in [1.54, 1.807) is 7.11 Å². The fourth-order valence-corrected chi connectivity index (χ4v) is 5.13. The van der Waals surface area contributed by atoms with Gasteiger partial charge in [0, 0.05) is 14.6 Å². The van der Waals surface area contributed by atoms with E-state index in [9.17, 15) is 0 Å². The quantitative estimate of drug-likeness (QED) is 0.598. The summed E-state index contributed by atoms with van der Waals surface area (Å²) in [6, 6.07) is 4.54. The van der Waals surface area contributed by atoms with E-state index in [-0.39, 0.29) is 10.8 Å². The van der Waals surface area contributed by atoms with Crippen molar-refractivity contribution in [1.82, 2.24) is 0 Å².